The van der Waals surface area contributed by atoms with Gasteiger partial charge in [-0.2, -0.15) is 0 Å². The summed E-state index contributed by atoms with van der Waals surface area (Å²) in [6.45, 7) is 7.21. The summed E-state index contributed by atoms with van der Waals surface area (Å²) in [5.41, 5.74) is 2.23. The highest BCUT2D eigenvalue weighted by Gasteiger charge is 2.17. The minimum absolute atomic E-state index is 0.296. The molecule has 0 fully saturated rings. The van der Waals surface area contributed by atoms with Crippen molar-refractivity contribution in [2.75, 3.05) is 6.54 Å². The van der Waals surface area contributed by atoms with E-state index in [1.165, 1.54) is 4.88 Å². The number of thiazole rings is 1. The van der Waals surface area contributed by atoms with Crippen molar-refractivity contribution in [3.63, 3.8) is 0 Å². The SMILES string of the molecule is CCNC(Cc1ccc(Br)cn1)c1sc(C)nc1C. The zero-order chi connectivity index (χ0) is 13.8. The second-order valence-electron chi connectivity index (χ2n) is 4.46. The lowest BCUT2D eigenvalue weighted by atomic mass is 10.1. The predicted octanol–water partition coefficient (Wildman–Crippen LogP) is 3.81. The molecule has 19 heavy (non-hydrogen) atoms. The summed E-state index contributed by atoms with van der Waals surface area (Å²) >= 11 is 5.19. The normalized spacial score (nSPS) is 12.6. The third-order valence-electron chi connectivity index (χ3n) is 2.91. The van der Waals surface area contributed by atoms with E-state index in [-0.39, 0.29) is 0 Å². The molecular weight excluding hydrogens is 322 g/mol. The number of nitrogens with one attached hydrogen (secondary N) is 1. The van der Waals surface area contributed by atoms with Crippen LogP contribution in [0.1, 0.15) is 34.2 Å². The van der Waals surface area contributed by atoms with Crippen LogP contribution < -0.4 is 5.32 Å². The lowest BCUT2D eigenvalue weighted by Gasteiger charge is -2.16. The van der Waals surface area contributed by atoms with Crippen LogP contribution in [0.15, 0.2) is 22.8 Å². The number of nitrogens with zero attached hydrogens (tertiary/aromatic N) is 2. The van der Waals surface area contributed by atoms with Gasteiger partial charge in [-0.05, 0) is 48.5 Å². The summed E-state index contributed by atoms with van der Waals surface area (Å²) < 4.78 is 1.01. The van der Waals surface area contributed by atoms with Crippen LogP contribution in [0.4, 0.5) is 0 Å². The number of hydrogen-bond donors (Lipinski definition) is 1. The van der Waals surface area contributed by atoms with Gasteiger partial charge in [-0.25, -0.2) is 4.98 Å². The maximum Gasteiger partial charge on any atom is 0.0900 e. The smallest absolute Gasteiger partial charge is 0.0900 e. The lowest BCUT2D eigenvalue weighted by molar-refractivity contribution is 0.549. The Morgan fingerprint density at radius 1 is 1.37 bits per heavy atom. The second-order valence-corrected chi connectivity index (χ2v) is 6.62. The van der Waals surface area contributed by atoms with Gasteiger partial charge in [0.1, 0.15) is 0 Å². The van der Waals surface area contributed by atoms with Gasteiger partial charge in [-0.15, -0.1) is 11.3 Å². The molecule has 0 saturated carbocycles. The van der Waals surface area contributed by atoms with E-state index in [4.69, 9.17) is 0 Å². The largest absolute Gasteiger partial charge is 0.309 e. The van der Waals surface area contributed by atoms with Crippen LogP contribution >= 0.6 is 27.3 Å². The van der Waals surface area contributed by atoms with Crippen LogP contribution in [-0.2, 0) is 6.42 Å². The molecular formula is C14H18BrN3S. The molecule has 0 bridgehead atoms. The Hall–Kier alpha value is -0.780. The highest BCUT2D eigenvalue weighted by atomic mass is 79.9. The van der Waals surface area contributed by atoms with Crippen LogP contribution in [0.3, 0.4) is 0 Å². The van der Waals surface area contributed by atoms with Crippen molar-refractivity contribution in [1.29, 1.82) is 0 Å². The molecule has 0 amide bonds. The fourth-order valence-electron chi connectivity index (χ4n) is 2.11. The first-order chi connectivity index (χ1) is 9.10. The molecule has 102 valence electrons. The van der Waals surface area contributed by atoms with E-state index in [1.54, 1.807) is 11.3 Å². The molecule has 0 aliphatic carbocycles. The summed E-state index contributed by atoms with van der Waals surface area (Å²) in [7, 11) is 0. The van der Waals surface area contributed by atoms with Crippen molar-refractivity contribution in [1.82, 2.24) is 15.3 Å². The summed E-state index contributed by atoms with van der Waals surface area (Å²) in [5.74, 6) is 0. The van der Waals surface area contributed by atoms with Crippen molar-refractivity contribution in [2.24, 2.45) is 0 Å². The second kappa shape index (κ2) is 6.59. The molecule has 1 unspecified atom stereocenters. The average molecular weight is 340 g/mol. The number of likely N-dealkylation sites (N-methyl/N-ethyl adjacent to an activating group) is 1. The molecule has 0 radical (unpaired) electrons. The molecule has 5 heteroatoms. The van der Waals surface area contributed by atoms with Gasteiger partial charge >= 0.3 is 0 Å². The summed E-state index contributed by atoms with van der Waals surface area (Å²) in [6, 6.07) is 4.40. The number of pyridine rings is 1. The third kappa shape index (κ3) is 3.84. The molecule has 2 aromatic heterocycles. The first-order valence-electron chi connectivity index (χ1n) is 6.38. The Balaban J connectivity index is 2.20. The standard InChI is InChI=1S/C14H18BrN3S/c1-4-16-13(14-9(2)18-10(3)19-14)7-12-6-5-11(15)8-17-12/h5-6,8,13,16H,4,7H2,1-3H3. The average Bonchev–Trinajstić information content (AvgIpc) is 2.71. The van der Waals surface area contributed by atoms with Crippen molar-refractivity contribution in [2.45, 2.75) is 33.2 Å². The van der Waals surface area contributed by atoms with Crippen LogP contribution in [0.25, 0.3) is 0 Å². The highest BCUT2D eigenvalue weighted by Crippen LogP contribution is 2.27. The van der Waals surface area contributed by atoms with Crippen molar-refractivity contribution < 1.29 is 0 Å². The Bertz CT molecular complexity index is 536. The Morgan fingerprint density at radius 2 is 2.16 bits per heavy atom. The fourth-order valence-corrected chi connectivity index (χ4v) is 3.35. The van der Waals surface area contributed by atoms with Gasteiger partial charge in [0.2, 0.25) is 0 Å². The highest BCUT2D eigenvalue weighted by molar-refractivity contribution is 9.10. The van der Waals surface area contributed by atoms with E-state index in [0.29, 0.717) is 6.04 Å². The topological polar surface area (TPSA) is 37.8 Å². The van der Waals surface area contributed by atoms with Crippen LogP contribution in [0.2, 0.25) is 0 Å². The Labute approximate surface area is 126 Å². The molecule has 2 aromatic rings. The van der Waals surface area contributed by atoms with E-state index >= 15 is 0 Å². The van der Waals surface area contributed by atoms with E-state index < -0.39 is 0 Å². The Morgan fingerprint density at radius 3 is 2.68 bits per heavy atom. The molecule has 2 heterocycles. The van der Waals surface area contributed by atoms with Gasteiger partial charge < -0.3 is 5.32 Å². The van der Waals surface area contributed by atoms with Crippen LogP contribution in [0.5, 0.6) is 0 Å². The number of hydrogen-bond acceptors (Lipinski definition) is 4. The molecule has 1 atom stereocenters. The summed E-state index contributed by atoms with van der Waals surface area (Å²) in [4.78, 5) is 10.3. The van der Waals surface area contributed by atoms with Crippen LogP contribution in [0, 0.1) is 13.8 Å². The zero-order valence-electron chi connectivity index (χ0n) is 11.4. The molecule has 0 aromatic carbocycles. The quantitative estimate of drug-likeness (QED) is 0.899. The number of aromatic nitrogens is 2. The molecule has 0 spiro atoms. The minimum Gasteiger partial charge on any atom is -0.309 e. The Kier molecular flexibility index (Phi) is 5.07. The summed E-state index contributed by atoms with van der Waals surface area (Å²) in [6.07, 6.45) is 2.74. The van der Waals surface area contributed by atoms with Gasteiger partial charge in [0.15, 0.2) is 0 Å². The first-order valence-corrected chi connectivity index (χ1v) is 7.98. The molecule has 2 rings (SSSR count). The zero-order valence-corrected chi connectivity index (χ0v) is 13.8. The van der Waals surface area contributed by atoms with Crippen molar-refractivity contribution in [3.05, 3.63) is 44.1 Å². The molecule has 1 N–H and O–H groups in total. The van der Waals surface area contributed by atoms with E-state index in [2.05, 4.69) is 58.1 Å². The number of halogens is 1. The fraction of sp³-hybridized carbons (Fsp3) is 0.429. The molecule has 0 aliphatic rings. The third-order valence-corrected chi connectivity index (χ3v) is 4.56. The van der Waals surface area contributed by atoms with Gasteiger partial charge in [0.05, 0.1) is 10.7 Å². The van der Waals surface area contributed by atoms with E-state index in [1.807, 2.05) is 12.3 Å². The predicted molar refractivity (Wildman–Crippen MR) is 83.6 cm³/mol. The van der Waals surface area contributed by atoms with Gasteiger partial charge in [-0.3, -0.25) is 4.98 Å². The van der Waals surface area contributed by atoms with E-state index in [0.717, 1.165) is 33.8 Å². The van der Waals surface area contributed by atoms with Gasteiger partial charge in [0.25, 0.3) is 0 Å². The maximum absolute atomic E-state index is 4.52. The monoisotopic (exact) mass is 339 g/mol. The van der Waals surface area contributed by atoms with Crippen molar-refractivity contribution in [3.8, 4) is 0 Å². The van der Waals surface area contributed by atoms with Gasteiger partial charge in [-0.1, -0.05) is 6.92 Å². The van der Waals surface area contributed by atoms with E-state index in [9.17, 15) is 0 Å². The van der Waals surface area contributed by atoms with Gasteiger partial charge in [0, 0.05) is 33.7 Å². The van der Waals surface area contributed by atoms with Crippen LogP contribution in [-0.4, -0.2) is 16.5 Å². The minimum atomic E-state index is 0.296. The number of rotatable bonds is 5. The number of aryl methyl sites for hydroxylation is 2. The first kappa shape index (κ1) is 14.6. The molecule has 3 nitrogen and oxygen atoms in total. The molecule has 0 saturated heterocycles. The maximum atomic E-state index is 4.52. The van der Waals surface area contributed by atoms with Crippen molar-refractivity contribution >= 4 is 27.3 Å². The molecule has 0 aliphatic heterocycles. The summed E-state index contributed by atoms with van der Waals surface area (Å²) in [5, 5.41) is 4.66. The lowest BCUT2D eigenvalue weighted by Crippen LogP contribution is -2.23.